The third-order valence-corrected chi connectivity index (χ3v) is 4.34. The van der Waals surface area contributed by atoms with Gasteiger partial charge in [-0.15, -0.1) is 11.3 Å². The Morgan fingerprint density at radius 3 is 2.37 bits per heavy atom. The molecular weight excluding hydrogens is 324 g/mol. The predicted molar refractivity (Wildman–Crippen MR) is 83.2 cm³/mol. The van der Waals surface area contributed by atoms with Crippen LogP contribution in [0.25, 0.3) is 0 Å². The van der Waals surface area contributed by atoms with E-state index in [-0.39, 0.29) is 6.10 Å². The van der Waals surface area contributed by atoms with E-state index in [0.717, 1.165) is 21.7 Å². The van der Waals surface area contributed by atoms with Gasteiger partial charge in [-0.2, -0.15) is 0 Å². The first-order chi connectivity index (χ1) is 9.17. The summed E-state index contributed by atoms with van der Waals surface area (Å²) in [5.74, 6) is 1.75. The Kier molecular flexibility index (Phi) is 5.28. The molecule has 4 heteroatoms. The van der Waals surface area contributed by atoms with Crippen molar-refractivity contribution in [2.24, 2.45) is 0 Å². The summed E-state index contributed by atoms with van der Waals surface area (Å²) < 4.78 is 12.6. The molecule has 1 unspecified atom stereocenters. The maximum Gasteiger partial charge on any atom is 0.122 e. The fraction of sp³-hybridized carbons (Fsp3) is 0.333. The zero-order chi connectivity index (χ0) is 13.7. The smallest absolute Gasteiger partial charge is 0.122 e. The van der Waals surface area contributed by atoms with Gasteiger partial charge in [-0.3, -0.25) is 0 Å². The van der Waals surface area contributed by atoms with Crippen molar-refractivity contribution in [3.63, 3.8) is 0 Å². The molecule has 1 atom stereocenters. The van der Waals surface area contributed by atoms with Crippen LogP contribution in [0.3, 0.4) is 0 Å². The van der Waals surface area contributed by atoms with E-state index in [4.69, 9.17) is 9.47 Å². The van der Waals surface area contributed by atoms with Gasteiger partial charge in [-0.05, 0) is 65.7 Å². The second-order valence-corrected chi connectivity index (χ2v) is 6.85. The molecule has 0 saturated heterocycles. The van der Waals surface area contributed by atoms with Crippen LogP contribution < -0.4 is 9.47 Å². The molecule has 0 aliphatic heterocycles. The Hall–Kier alpha value is -1.00. The number of benzene rings is 1. The fourth-order valence-corrected chi connectivity index (χ4v) is 2.91. The predicted octanol–water partition coefficient (Wildman–Crippen LogP) is 5.27. The Morgan fingerprint density at radius 1 is 1.11 bits per heavy atom. The van der Waals surface area contributed by atoms with Gasteiger partial charge < -0.3 is 9.47 Å². The minimum atomic E-state index is 0.246. The highest BCUT2D eigenvalue weighted by atomic mass is 79.9. The average molecular weight is 341 g/mol. The maximum absolute atomic E-state index is 5.73. The van der Waals surface area contributed by atoms with Crippen LogP contribution in [0.1, 0.15) is 25.1 Å². The summed E-state index contributed by atoms with van der Waals surface area (Å²) in [6.45, 7) is 4.78. The van der Waals surface area contributed by atoms with Gasteiger partial charge in [-0.25, -0.2) is 0 Å². The summed E-state index contributed by atoms with van der Waals surface area (Å²) in [4.78, 5) is 1.20. The van der Waals surface area contributed by atoms with Gasteiger partial charge in [0.2, 0.25) is 0 Å². The van der Waals surface area contributed by atoms with E-state index in [0.29, 0.717) is 6.61 Å². The first kappa shape index (κ1) is 14.4. The Balaban J connectivity index is 1.88. The molecule has 0 N–H and O–H groups in total. The summed E-state index contributed by atoms with van der Waals surface area (Å²) in [7, 11) is 0. The molecule has 2 rings (SSSR count). The van der Waals surface area contributed by atoms with Gasteiger partial charge in [0.25, 0.3) is 0 Å². The summed E-state index contributed by atoms with van der Waals surface area (Å²) in [5.41, 5.74) is 0. The lowest BCUT2D eigenvalue weighted by Crippen LogP contribution is -2.09. The standard InChI is InChI=1S/C15H17BrO2S/c1-3-11(2)18-13-6-4-12(5-7-13)17-10-14-8-9-15(16)19-14/h4-9,11H,3,10H2,1-2H3. The minimum absolute atomic E-state index is 0.246. The molecule has 0 bridgehead atoms. The SMILES string of the molecule is CCC(C)Oc1ccc(OCc2ccc(Br)s2)cc1. The van der Waals surface area contributed by atoms with Crippen molar-refractivity contribution in [1.29, 1.82) is 0 Å². The molecule has 0 saturated carbocycles. The largest absolute Gasteiger partial charge is 0.491 e. The molecule has 2 aromatic rings. The molecule has 0 radical (unpaired) electrons. The van der Waals surface area contributed by atoms with E-state index in [9.17, 15) is 0 Å². The minimum Gasteiger partial charge on any atom is -0.491 e. The third kappa shape index (κ3) is 4.55. The van der Waals surface area contributed by atoms with Crippen LogP contribution in [0.15, 0.2) is 40.2 Å². The van der Waals surface area contributed by atoms with Crippen molar-refractivity contribution in [2.45, 2.75) is 33.0 Å². The second-order valence-electron chi connectivity index (χ2n) is 4.30. The highest BCUT2D eigenvalue weighted by molar-refractivity contribution is 9.11. The Labute approximate surface area is 126 Å². The van der Waals surface area contributed by atoms with Crippen LogP contribution >= 0.6 is 27.3 Å². The molecule has 1 aromatic carbocycles. The van der Waals surface area contributed by atoms with Gasteiger partial charge in [0.15, 0.2) is 0 Å². The maximum atomic E-state index is 5.73. The molecule has 19 heavy (non-hydrogen) atoms. The summed E-state index contributed by atoms with van der Waals surface area (Å²) in [6, 6.07) is 11.9. The van der Waals surface area contributed by atoms with E-state index in [1.54, 1.807) is 11.3 Å². The summed E-state index contributed by atoms with van der Waals surface area (Å²) in [6.07, 6.45) is 1.25. The van der Waals surface area contributed by atoms with E-state index < -0.39 is 0 Å². The van der Waals surface area contributed by atoms with Crippen molar-refractivity contribution in [1.82, 2.24) is 0 Å². The quantitative estimate of drug-likeness (QED) is 0.713. The Morgan fingerprint density at radius 2 is 1.79 bits per heavy atom. The Bertz CT molecular complexity index is 507. The molecule has 0 spiro atoms. The fourth-order valence-electron chi connectivity index (χ4n) is 1.51. The van der Waals surface area contributed by atoms with E-state index >= 15 is 0 Å². The first-order valence-electron chi connectivity index (χ1n) is 6.31. The number of thiophene rings is 1. The van der Waals surface area contributed by atoms with E-state index in [1.165, 1.54) is 4.88 Å². The van der Waals surface area contributed by atoms with Gasteiger partial charge in [0.05, 0.1) is 9.89 Å². The topological polar surface area (TPSA) is 18.5 Å². The molecule has 0 aliphatic carbocycles. The zero-order valence-electron chi connectivity index (χ0n) is 11.1. The van der Waals surface area contributed by atoms with Crippen LogP contribution in [0.2, 0.25) is 0 Å². The number of hydrogen-bond donors (Lipinski definition) is 0. The lowest BCUT2D eigenvalue weighted by atomic mass is 10.3. The highest BCUT2D eigenvalue weighted by Crippen LogP contribution is 2.24. The number of halogens is 1. The van der Waals surface area contributed by atoms with Crippen LogP contribution in [-0.2, 0) is 6.61 Å². The van der Waals surface area contributed by atoms with Crippen molar-refractivity contribution in [3.8, 4) is 11.5 Å². The molecule has 102 valence electrons. The molecular formula is C15H17BrO2S. The van der Waals surface area contributed by atoms with Gasteiger partial charge in [-0.1, -0.05) is 6.92 Å². The summed E-state index contributed by atoms with van der Waals surface area (Å²) >= 11 is 5.13. The molecule has 2 nitrogen and oxygen atoms in total. The van der Waals surface area contributed by atoms with Gasteiger partial charge >= 0.3 is 0 Å². The molecule has 1 heterocycles. The van der Waals surface area contributed by atoms with Crippen molar-refractivity contribution in [3.05, 3.63) is 45.1 Å². The number of ether oxygens (including phenoxy) is 2. The number of hydrogen-bond acceptors (Lipinski definition) is 3. The third-order valence-electron chi connectivity index (χ3n) is 2.75. The molecule has 0 aliphatic rings. The highest BCUT2D eigenvalue weighted by Gasteiger charge is 2.02. The van der Waals surface area contributed by atoms with Crippen LogP contribution in [0, 0.1) is 0 Å². The average Bonchev–Trinajstić information content (AvgIpc) is 2.83. The lowest BCUT2D eigenvalue weighted by Gasteiger charge is -2.12. The van der Waals surface area contributed by atoms with Crippen molar-refractivity contribution in [2.75, 3.05) is 0 Å². The summed E-state index contributed by atoms with van der Waals surface area (Å²) in [5, 5.41) is 0. The molecule has 0 fully saturated rings. The van der Waals surface area contributed by atoms with Crippen LogP contribution in [-0.4, -0.2) is 6.10 Å². The van der Waals surface area contributed by atoms with Gasteiger partial charge in [0, 0.05) is 4.88 Å². The second kappa shape index (κ2) is 6.96. The molecule has 1 aromatic heterocycles. The van der Waals surface area contributed by atoms with Crippen LogP contribution in [0.5, 0.6) is 11.5 Å². The van der Waals surface area contributed by atoms with Crippen molar-refractivity contribution < 1.29 is 9.47 Å². The van der Waals surface area contributed by atoms with E-state index in [2.05, 4.69) is 35.8 Å². The molecule has 0 amide bonds. The monoisotopic (exact) mass is 340 g/mol. The normalized spacial score (nSPS) is 12.2. The van der Waals surface area contributed by atoms with E-state index in [1.807, 2.05) is 30.3 Å². The van der Waals surface area contributed by atoms with Crippen molar-refractivity contribution >= 4 is 27.3 Å². The first-order valence-corrected chi connectivity index (χ1v) is 7.92. The lowest BCUT2D eigenvalue weighted by molar-refractivity contribution is 0.217. The zero-order valence-corrected chi connectivity index (χ0v) is 13.5. The van der Waals surface area contributed by atoms with Gasteiger partial charge in [0.1, 0.15) is 18.1 Å². The number of rotatable bonds is 6. The van der Waals surface area contributed by atoms with Crippen LogP contribution in [0.4, 0.5) is 0 Å².